The SMILES string of the molecule is CCCC(C(=O)O)N(CCC(N)=S)C1CC1. The molecule has 1 unspecified atom stereocenters. The van der Waals surface area contributed by atoms with Gasteiger partial charge in [0.25, 0.3) is 0 Å². The summed E-state index contributed by atoms with van der Waals surface area (Å²) in [6, 6.07) is 0.0637. The van der Waals surface area contributed by atoms with Gasteiger partial charge in [0.15, 0.2) is 0 Å². The molecule has 1 fully saturated rings. The Morgan fingerprint density at radius 3 is 2.62 bits per heavy atom. The summed E-state index contributed by atoms with van der Waals surface area (Å²) in [5, 5.41) is 9.21. The predicted molar refractivity (Wildman–Crippen MR) is 67.5 cm³/mol. The molecule has 1 aliphatic rings. The Morgan fingerprint density at radius 1 is 1.62 bits per heavy atom. The van der Waals surface area contributed by atoms with Crippen LogP contribution in [0.1, 0.15) is 39.0 Å². The number of carbonyl (C=O) groups is 1. The average Bonchev–Trinajstić information content (AvgIpc) is 2.99. The van der Waals surface area contributed by atoms with Crippen LogP contribution in [0.3, 0.4) is 0 Å². The molecule has 5 heteroatoms. The van der Waals surface area contributed by atoms with Crippen molar-refractivity contribution in [3.05, 3.63) is 0 Å². The second kappa shape index (κ2) is 6.15. The molecule has 1 saturated carbocycles. The number of rotatable bonds is 8. The van der Waals surface area contributed by atoms with Crippen molar-refractivity contribution in [3.63, 3.8) is 0 Å². The van der Waals surface area contributed by atoms with E-state index in [2.05, 4.69) is 4.90 Å². The zero-order valence-electron chi connectivity index (χ0n) is 9.69. The van der Waals surface area contributed by atoms with Crippen molar-refractivity contribution < 1.29 is 9.90 Å². The van der Waals surface area contributed by atoms with Crippen LogP contribution >= 0.6 is 12.2 Å². The van der Waals surface area contributed by atoms with Crippen LogP contribution in [0.4, 0.5) is 0 Å². The van der Waals surface area contributed by atoms with Gasteiger partial charge in [0, 0.05) is 19.0 Å². The Hall–Kier alpha value is -0.680. The number of nitrogens with two attached hydrogens (primary N) is 1. The Morgan fingerprint density at radius 2 is 2.25 bits per heavy atom. The van der Waals surface area contributed by atoms with E-state index in [-0.39, 0.29) is 6.04 Å². The summed E-state index contributed by atoms with van der Waals surface area (Å²) in [6.45, 7) is 2.69. The minimum atomic E-state index is -0.725. The van der Waals surface area contributed by atoms with Crippen molar-refractivity contribution in [2.24, 2.45) is 5.73 Å². The van der Waals surface area contributed by atoms with Gasteiger partial charge in [0.2, 0.25) is 0 Å². The van der Waals surface area contributed by atoms with Crippen LogP contribution in [-0.2, 0) is 4.79 Å². The van der Waals surface area contributed by atoms with Gasteiger partial charge in [0.05, 0.1) is 4.99 Å². The number of hydrogen-bond donors (Lipinski definition) is 2. The first-order valence-corrected chi connectivity index (χ1v) is 6.24. The van der Waals surface area contributed by atoms with Crippen LogP contribution in [0.25, 0.3) is 0 Å². The van der Waals surface area contributed by atoms with Crippen LogP contribution < -0.4 is 5.73 Å². The molecule has 1 aliphatic carbocycles. The van der Waals surface area contributed by atoms with Crippen LogP contribution in [0.2, 0.25) is 0 Å². The summed E-state index contributed by atoms with van der Waals surface area (Å²) in [4.78, 5) is 13.7. The largest absolute Gasteiger partial charge is 0.480 e. The van der Waals surface area contributed by atoms with Crippen molar-refractivity contribution >= 4 is 23.2 Å². The first-order valence-electron chi connectivity index (χ1n) is 5.83. The predicted octanol–water partition coefficient (Wildman–Crippen LogP) is 1.38. The van der Waals surface area contributed by atoms with Crippen molar-refractivity contribution in [2.75, 3.05) is 6.54 Å². The summed E-state index contributed by atoms with van der Waals surface area (Å²) in [5.41, 5.74) is 5.47. The minimum Gasteiger partial charge on any atom is -0.480 e. The number of thiocarbonyl (C=S) groups is 1. The summed E-state index contributed by atoms with van der Waals surface area (Å²) < 4.78 is 0. The van der Waals surface area contributed by atoms with Gasteiger partial charge in [-0.2, -0.15) is 0 Å². The van der Waals surface area contributed by atoms with Gasteiger partial charge in [-0.15, -0.1) is 0 Å². The second-order valence-corrected chi connectivity index (χ2v) is 4.85. The molecule has 92 valence electrons. The summed E-state index contributed by atoms with van der Waals surface area (Å²) in [6.07, 6.45) is 4.39. The van der Waals surface area contributed by atoms with Gasteiger partial charge in [0.1, 0.15) is 6.04 Å². The standard InChI is InChI=1S/C11H20N2O2S/c1-2-3-9(11(14)15)13(8-4-5-8)7-6-10(12)16/h8-9H,2-7H2,1H3,(H2,12,16)(H,14,15). The lowest BCUT2D eigenvalue weighted by atomic mass is 10.1. The van der Waals surface area contributed by atoms with Crippen LogP contribution in [0, 0.1) is 0 Å². The van der Waals surface area contributed by atoms with Gasteiger partial charge in [-0.3, -0.25) is 9.69 Å². The molecule has 3 N–H and O–H groups in total. The molecule has 0 heterocycles. The van der Waals surface area contributed by atoms with E-state index < -0.39 is 5.97 Å². The maximum atomic E-state index is 11.2. The fourth-order valence-electron chi connectivity index (χ4n) is 1.94. The Balaban J connectivity index is 2.57. The highest BCUT2D eigenvalue weighted by molar-refractivity contribution is 7.80. The van der Waals surface area contributed by atoms with E-state index in [0.29, 0.717) is 30.4 Å². The highest BCUT2D eigenvalue weighted by Gasteiger charge is 2.36. The molecule has 1 rings (SSSR count). The molecule has 0 amide bonds. The fraction of sp³-hybridized carbons (Fsp3) is 0.818. The number of carboxylic acids is 1. The third-order valence-corrected chi connectivity index (χ3v) is 3.08. The molecule has 0 aromatic carbocycles. The lowest BCUT2D eigenvalue weighted by molar-refractivity contribution is -0.143. The molecule has 4 nitrogen and oxygen atoms in total. The van der Waals surface area contributed by atoms with Crippen molar-refractivity contribution in [3.8, 4) is 0 Å². The zero-order chi connectivity index (χ0) is 12.1. The fourth-order valence-corrected chi connectivity index (χ4v) is 2.03. The van der Waals surface area contributed by atoms with Crippen LogP contribution in [0.5, 0.6) is 0 Å². The highest BCUT2D eigenvalue weighted by Crippen LogP contribution is 2.30. The zero-order valence-corrected chi connectivity index (χ0v) is 10.5. The molecule has 0 bridgehead atoms. The molecule has 1 atom stereocenters. The van der Waals surface area contributed by atoms with E-state index in [0.717, 1.165) is 19.3 Å². The Bertz CT molecular complexity index is 267. The van der Waals surface area contributed by atoms with E-state index in [1.807, 2.05) is 6.92 Å². The third kappa shape index (κ3) is 4.06. The first-order chi connectivity index (χ1) is 7.56. The maximum absolute atomic E-state index is 11.2. The lowest BCUT2D eigenvalue weighted by Crippen LogP contribution is -2.44. The molecule has 0 radical (unpaired) electrons. The van der Waals surface area contributed by atoms with Gasteiger partial charge < -0.3 is 10.8 Å². The first kappa shape index (κ1) is 13.4. The molecule has 0 aromatic rings. The monoisotopic (exact) mass is 244 g/mol. The van der Waals surface area contributed by atoms with Gasteiger partial charge in [-0.25, -0.2) is 0 Å². The van der Waals surface area contributed by atoms with Crippen molar-refractivity contribution in [2.45, 2.75) is 51.1 Å². The number of nitrogens with zero attached hydrogens (tertiary/aromatic N) is 1. The molecule has 0 aliphatic heterocycles. The van der Waals surface area contributed by atoms with E-state index >= 15 is 0 Å². The van der Waals surface area contributed by atoms with E-state index in [1.165, 1.54) is 0 Å². The average molecular weight is 244 g/mol. The Kier molecular flexibility index (Phi) is 5.15. The quantitative estimate of drug-likeness (QED) is 0.631. The summed E-state index contributed by atoms with van der Waals surface area (Å²) in [7, 11) is 0. The topological polar surface area (TPSA) is 66.6 Å². The third-order valence-electron chi connectivity index (χ3n) is 2.88. The molecular weight excluding hydrogens is 224 g/mol. The van der Waals surface area contributed by atoms with E-state index in [9.17, 15) is 9.90 Å². The van der Waals surface area contributed by atoms with E-state index in [1.54, 1.807) is 0 Å². The van der Waals surface area contributed by atoms with Crippen molar-refractivity contribution in [1.82, 2.24) is 4.90 Å². The van der Waals surface area contributed by atoms with Crippen LogP contribution in [0.15, 0.2) is 0 Å². The molecule has 16 heavy (non-hydrogen) atoms. The molecule has 0 spiro atoms. The summed E-state index contributed by atoms with van der Waals surface area (Å²) >= 11 is 4.84. The molecular formula is C11H20N2O2S. The van der Waals surface area contributed by atoms with Crippen molar-refractivity contribution in [1.29, 1.82) is 0 Å². The van der Waals surface area contributed by atoms with Gasteiger partial charge in [-0.05, 0) is 19.3 Å². The second-order valence-electron chi connectivity index (χ2n) is 4.33. The Labute approximate surface area is 102 Å². The maximum Gasteiger partial charge on any atom is 0.320 e. The number of hydrogen-bond acceptors (Lipinski definition) is 3. The highest BCUT2D eigenvalue weighted by atomic mass is 32.1. The summed E-state index contributed by atoms with van der Waals surface area (Å²) in [5.74, 6) is -0.725. The number of aliphatic carboxylic acids is 1. The smallest absolute Gasteiger partial charge is 0.320 e. The number of carboxylic acid groups (broad SMARTS) is 1. The minimum absolute atomic E-state index is 0.369. The van der Waals surface area contributed by atoms with Gasteiger partial charge >= 0.3 is 5.97 Å². The van der Waals surface area contributed by atoms with Gasteiger partial charge in [-0.1, -0.05) is 25.6 Å². The lowest BCUT2D eigenvalue weighted by Gasteiger charge is -2.28. The normalized spacial score (nSPS) is 17.4. The molecule has 0 saturated heterocycles. The molecule has 0 aromatic heterocycles. The van der Waals surface area contributed by atoms with E-state index in [4.69, 9.17) is 18.0 Å². The van der Waals surface area contributed by atoms with Crippen LogP contribution in [-0.4, -0.2) is 39.6 Å².